The SMILES string of the molecule is OCc1cnc(-c2cscn2)nc1. The van der Waals surface area contributed by atoms with Crippen molar-refractivity contribution < 1.29 is 5.11 Å². The zero-order valence-electron chi connectivity index (χ0n) is 6.71. The molecule has 5 heteroatoms. The van der Waals surface area contributed by atoms with E-state index in [0.717, 1.165) is 5.69 Å². The first kappa shape index (κ1) is 8.28. The molecule has 0 unspecified atom stereocenters. The minimum Gasteiger partial charge on any atom is -0.392 e. The molecule has 0 amide bonds. The highest BCUT2D eigenvalue weighted by molar-refractivity contribution is 7.07. The van der Waals surface area contributed by atoms with Crippen molar-refractivity contribution in [3.8, 4) is 11.5 Å². The Labute approximate surface area is 78.9 Å². The Morgan fingerprint density at radius 1 is 1.23 bits per heavy atom. The Balaban J connectivity index is 2.33. The van der Waals surface area contributed by atoms with Crippen molar-refractivity contribution in [2.45, 2.75) is 6.61 Å². The molecule has 0 saturated carbocycles. The van der Waals surface area contributed by atoms with Gasteiger partial charge in [-0.2, -0.15) is 0 Å². The van der Waals surface area contributed by atoms with E-state index in [1.165, 1.54) is 11.3 Å². The predicted molar refractivity (Wildman–Crippen MR) is 49.1 cm³/mol. The van der Waals surface area contributed by atoms with Gasteiger partial charge in [0.25, 0.3) is 0 Å². The monoisotopic (exact) mass is 193 g/mol. The van der Waals surface area contributed by atoms with Crippen molar-refractivity contribution in [3.05, 3.63) is 28.8 Å². The minimum atomic E-state index is -0.0304. The first-order chi connectivity index (χ1) is 6.40. The van der Waals surface area contributed by atoms with Crippen molar-refractivity contribution in [1.29, 1.82) is 0 Å². The van der Waals surface area contributed by atoms with Crippen LogP contribution in [0, 0.1) is 0 Å². The van der Waals surface area contributed by atoms with E-state index < -0.39 is 0 Å². The summed E-state index contributed by atoms with van der Waals surface area (Å²) in [7, 11) is 0. The molecule has 0 spiro atoms. The van der Waals surface area contributed by atoms with Crippen LogP contribution in [0.15, 0.2) is 23.3 Å². The van der Waals surface area contributed by atoms with Gasteiger partial charge in [-0.1, -0.05) is 0 Å². The summed E-state index contributed by atoms with van der Waals surface area (Å²) < 4.78 is 0. The van der Waals surface area contributed by atoms with Gasteiger partial charge in [-0.05, 0) is 0 Å². The standard InChI is InChI=1S/C8H7N3OS/c12-3-6-1-9-8(10-2-6)7-4-13-5-11-7/h1-2,4-5,12H,3H2. The second kappa shape index (κ2) is 3.59. The van der Waals surface area contributed by atoms with E-state index in [1.54, 1.807) is 17.9 Å². The van der Waals surface area contributed by atoms with E-state index >= 15 is 0 Å². The highest BCUT2D eigenvalue weighted by atomic mass is 32.1. The lowest BCUT2D eigenvalue weighted by Crippen LogP contribution is -1.91. The third kappa shape index (κ3) is 1.71. The Hall–Kier alpha value is -1.33. The van der Waals surface area contributed by atoms with E-state index in [9.17, 15) is 0 Å². The van der Waals surface area contributed by atoms with Gasteiger partial charge in [0.05, 0.1) is 12.1 Å². The lowest BCUT2D eigenvalue weighted by molar-refractivity contribution is 0.281. The lowest BCUT2D eigenvalue weighted by atomic mass is 10.3. The van der Waals surface area contributed by atoms with E-state index in [1.807, 2.05) is 5.38 Å². The number of aliphatic hydroxyl groups excluding tert-OH is 1. The number of thiazole rings is 1. The zero-order chi connectivity index (χ0) is 9.10. The Morgan fingerprint density at radius 2 is 2.00 bits per heavy atom. The van der Waals surface area contributed by atoms with E-state index in [4.69, 9.17) is 5.11 Å². The summed E-state index contributed by atoms with van der Waals surface area (Å²) in [4.78, 5) is 12.2. The van der Waals surface area contributed by atoms with Gasteiger partial charge in [-0.3, -0.25) is 0 Å². The van der Waals surface area contributed by atoms with Crippen molar-refractivity contribution in [2.75, 3.05) is 0 Å². The van der Waals surface area contributed by atoms with E-state index in [0.29, 0.717) is 11.4 Å². The molecule has 0 fully saturated rings. The fourth-order valence-electron chi connectivity index (χ4n) is 0.892. The molecule has 0 aromatic carbocycles. The highest BCUT2D eigenvalue weighted by Crippen LogP contribution is 2.13. The Kier molecular flexibility index (Phi) is 2.29. The fourth-order valence-corrected chi connectivity index (χ4v) is 1.42. The summed E-state index contributed by atoms with van der Waals surface area (Å²) in [5, 5.41) is 10.6. The summed E-state index contributed by atoms with van der Waals surface area (Å²) in [5.41, 5.74) is 3.21. The van der Waals surface area contributed by atoms with Crippen LogP contribution in [0.3, 0.4) is 0 Å². The average molecular weight is 193 g/mol. The molecule has 2 aromatic rings. The summed E-state index contributed by atoms with van der Waals surface area (Å²) in [6.45, 7) is -0.0304. The van der Waals surface area contributed by atoms with Gasteiger partial charge in [0.15, 0.2) is 5.82 Å². The Morgan fingerprint density at radius 3 is 2.54 bits per heavy atom. The van der Waals surface area contributed by atoms with Crippen molar-refractivity contribution in [2.24, 2.45) is 0 Å². The van der Waals surface area contributed by atoms with Crippen LogP contribution in [0.4, 0.5) is 0 Å². The predicted octanol–water partition coefficient (Wildman–Crippen LogP) is 1.09. The second-order valence-corrected chi connectivity index (χ2v) is 3.17. The molecule has 1 N–H and O–H groups in total. The number of hydrogen-bond acceptors (Lipinski definition) is 5. The van der Waals surface area contributed by atoms with Gasteiger partial charge < -0.3 is 5.11 Å². The van der Waals surface area contributed by atoms with Crippen LogP contribution in [-0.4, -0.2) is 20.1 Å². The van der Waals surface area contributed by atoms with Crippen molar-refractivity contribution >= 4 is 11.3 Å². The molecule has 0 bridgehead atoms. The summed E-state index contributed by atoms with van der Waals surface area (Å²) >= 11 is 1.50. The average Bonchev–Trinajstić information content (AvgIpc) is 2.71. The zero-order valence-corrected chi connectivity index (χ0v) is 7.53. The molecule has 0 radical (unpaired) electrons. The molecule has 2 heterocycles. The van der Waals surface area contributed by atoms with Crippen LogP contribution in [0.5, 0.6) is 0 Å². The van der Waals surface area contributed by atoms with Crippen LogP contribution in [-0.2, 0) is 6.61 Å². The van der Waals surface area contributed by atoms with Crippen LogP contribution in [0.2, 0.25) is 0 Å². The molecule has 2 rings (SSSR count). The topological polar surface area (TPSA) is 58.9 Å². The van der Waals surface area contributed by atoms with E-state index in [2.05, 4.69) is 15.0 Å². The fraction of sp³-hybridized carbons (Fsp3) is 0.125. The van der Waals surface area contributed by atoms with Gasteiger partial charge in [0.2, 0.25) is 0 Å². The normalized spacial score (nSPS) is 10.2. The molecule has 0 aliphatic rings. The maximum atomic E-state index is 8.77. The van der Waals surface area contributed by atoms with E-state index in [-0.39, 0.29) is 6.61 Å². The maximum absolute atomic E-state index is 8.77. The van der Waals surface area contributed by atoms with Gasteiger partial charge in [0, 0.05) is 23.3 Å². The molecule has 0 aliphatic carbocycles. The second-order valence-electron chi connectivity index (χ2n) is 2.45. The number of hydrogen-bond donors (Lipinski definition) is 1. The number of rotatable bonds is 2. The number of aliphatic hydroxyl groups is 1. The molecule has 13 heavy (non-hydrogen) atoms. The van der Waals surface area contributed by atoms with Crippen LogP contribution in [0.25, 0.3) is 11.5 Å². The summed E-state index contributed by atoms with van der Waals surface area (Å²) in [6, 6.07) is 0. The third-order valence-corrected chi connectivity index (χ3v) is 2.14. The van der Waals surface area contributed by atoms with Crippen molar-refractivity contribution in [1.82, 2.24) is 15.0 Å². The quantitative estimate of drug-likeness (QED) is 0.775. The van der Waals surface area contributed by atoms with Gasteiger partial charge in [0.1, 0.15) is 5.69 Å². The minimum absolute atomic E-state index is 0.0304. The lowest BCUT2D eigenvalue weighted by Gasteiger charge is -1.96. The summed E-state index contributed by atoms with van der Waals surface area (Å²) in [5.74, 6) is 0.596. The van der Waals surface area contributed by atoms with Gasteiger partial charge >= 0.3 is 0 Å². The largest absolute Gasteiger partial charge is 0.392 e. The third-order valence-electron chi connectivity index (χ3n) is 1.55. The molecule has 66 valence electrons. The van der Waals surface area contributed by atoms with Crippen LogP contribution in [0.1, 0.15) is 5.56 Å². The van der Waals surface area contributed by atoms with Gasteiger partial charge in [-0.15, -0.1) is 11.3 Å². The summed E-state index contributed by atoms with van der Waals surface area (Å²) in [6.07, 6.45) is 3.20. The smallest absolute Gasteiger partial charge is 0.178 e. The Bertz CT molecular complexity index is 371. The molecular weight excluding hydrogens is 186 g/mol. The molecular formula is C8H7N3OS. The molecule has 2 aromatic heterocycles. The molecule has 4 nitrogen and oxygen atoms in total. The number of nitrogens with zero attached hydrogens (tertiary/aromatic N) is 3. The first-order valence-electron chi connectivity index (χ1n) is 3.70. The van der Waals surface area contributed by atoms with Crippen LogP contribution >= 0.6 is 11.3 Å². The first-order valence-corrected chi connectivity index (χ1v) is 4.65. The maximum Gasteiger partial charge on any atom is 0.178 e. The molecule has 0 saturated heterocycles. The van der Waals surface area contributed by atoms with Gasteiger partial charge in [-0.25, -0.2) is 15.0 Å². The van der Waals surface area contributed by atoms with Crippen molar-refractivity contribution in [3.63, 3.8) is 0 Å². The number of aromatic nitrogens is 3. The molecule has 0 atom stereocenters. The highest BCUT2D eigenvalue weighted by Gasteiger charge is 2.01. The van der Waals surface area contributed by atoms with Crippen LogP contribution < -0.4 is 0 Å². The molecule has 0 aliphatic heterocycles.